The highest BCUT2D eigenvalue weighted by atomic mass is 32.2. The van der Waals surface area contributed by atoms with E-state index in [1.54, 1.807) is 0 Å². The molecule has 7 atom stereocenters. The Morgan fingerprint density at radius 1 is 0.886 bits per heavy atom. The van der Waals surface area contributed by atoms with Crippen molar-refractivity contribution in [2.45, 2.75) is 99.4 Å². The lowest BCUT2D eigenvalue weighted by Gasteiger charge is -2.51. The van der Waals surface area contributed by atoms with Crippen LogP contribution in [0.1, 0.15) is 77.0 Å². The maximum Gasteiger partial charge on any atom is 0.431 e. The maximum atomic E-state index is 13.7. The minimum Gasteiger partial charge on any atom is -0.465 e. The van der Waals surface area contributed by atoms with E-state index < -0.39 is 57.4 Å². The first kappa shape index (κ1) is 27.1. The molecule has 0 bridgehead atoms. The van der Waals surface area contributed by atoms with Gasteiger partial charge >= 0.3 is 27.3 Å². The van der Waals surface area contributed by atoms with Crippen molar-refractivity contribution in [2.75, 3.05) is 6.61 Å². The highest BCUT2D eigenvalue weighted by molar-refractivity contribution is 7.87. The van der Waals surface area contributed by atoms with Crippen molar-refractivity contribution >= 4 is 16.1 Å². The van der Waals surface area contributed by atoms with E-state index in [-0.39, 0.29) is 23.7 Å². The van der Waals surface area contributed by atoms with Crippen molar-refractivity contribution in [3.8, 4) is 0 Å². The number of hydrogen-bond acceptors (Lipinski definition) is 6. The van der Waals surface area contributed by atoms with Gasteiger partial charge in [0.2, 0.25) is 0 Å². The minimum atomic E-state index is -6.35. The molecule has 0 spiro atoms. The number of aliphatic hydroxyl groups is 2. The van der Waals surface area contributed by atoms with Crippen LogP contribution >= 0.6 is 0 Å². The van der Waals surface area contributed by atoms with Crippen LogP contribution in [-0.4, -0.2) is 58.1 Å². The summed E-state index contributed by atoms with van der Waals surface area (Å²) < 4.78 is 88.7. The van der Waals surface area contributed by atoms with Gasteiger partial charge in [-0.15, -0.1) is 0 Å². The normalized spacial score (nSPS) is 40.3. The number of esters is 1. The Kier molecular flexibility index (Phi) is 7.03. The molecule has 0 aromatic carbocycles. The second-order valence-electron chi connectivity index (χ2n) is 11.2. The highest BCUT2D eigenvalue weighted by Crippen LogP contribution is 2.59. The Labute approximate surface area is 202 Å². The van der Waals surface area contributed by atoms with Gasteiger partial charge in [-0.1, -0.05) is 12.8 Å². The van der Waals surface area contributed by atoms with Crippen molar-refractivity contribution in [1.82, 2.24) is 0 Å². The van der Waals surface area contributed by atoms with Crippen molar-refractivity contribution < 1.29 is 50.3 Å². The van der Waals surface area contributed by atoms with Gasteiger partial charge < -0.3 is 14.9 Å². The molecule has 4 aliphatic carbocycles. The molecular formula is C23H34F4O7S. The van der Waals surface area contributed by atoms with E-state index in [4.69, 9.17) is 9.29 Å². The number of halogens is 4. The van der Waals surface area contributed by atoms with Crippen LogP contribution in [0, 0.1) is 29.6 Å². The predicted octanol–water partition coefficient (Wildman–Crippen LogP) is 3.92. The van der Waals surface area contributed by atoms with Gasteiger partial charge in [-0.2, -0.15) is 26.0 Å². The predicted molar refractivity (Wildman–Crippen MR) is 115 cm³/mol. The Balaban J connectivity index is 1.44. The molecule has 0 aliphatic heterocycles. The fourth-order valence-electron chi connectivity index (χ4n) is 7.58. The van der Waals surface area contributed by atoms with E-state index in [0.717, 1.165) is 25.7 Å². The van der Waals surface area contributed by atoms with E-state index in [1.165, 1.54) is 0 Å². The summed E-state index contributed by atoms with van der Waals surface area (Å²) >= 11 is 0. The third-order valence-electron chi connectivity index (χ3n) is 9.35. The molecule has 4 saturated carbocycles. The highest BCUT2D eigenvalue weighted by Gasteiger charge is 2.65. The second kappa shape index (κ2) is 9.09. The zero-order chi connectivity index (χ0) is 25.9. The summed E-state index contributed by atoms with van der Waals surface area (Å²) in [6.07, 6.45) is 5.43. The van der Waals surface area contributed by atoms with Gasteiger partial charge in [0.25, 0.3) is 0 Å². The van der Waals surface area contributed by atoms with Crippen LogP contribution < -0.4 is 0 Å². The summed E-state index contributed by atoms with van der Waals surface area (Å²) in [5.41, 5.74) is -1.75. The van der Waals surface area contributed by atoms with E-state index in [0.29, 0.717) is 44.9 Å². The van der Waals surface area contributed by atoms with E-state index in [1.807, 2.05) is 0 Å². The summed E-state index contributed by atoms with van der Waals surface area (Å²) in [5.74, 6) is -6.48. The Morgan fingerprint density at radius 3 is 1.97 bits per heavy atom. The molecule has 3 N–H and O–H groups in total. The second-order valence-corrected chi connectivity index (χ2v) is 12.6. The van der Waals surface area contributed by atoms with Crippen LogP contribution in [-0.2, 0) is 19.6 Å². The van der Waals surface area contributed by atoms with Gasteiger partial charge in [0.1, 0.15) is 0 Å². The fourth-order valence-corrected chi connectivity index (χ4v) is 8.06. The van der Waals surface area contributed by atoms with Crippen molar-refractivity contribution in [3.05, 3.63) is 0 Å². The lowest BCUT2D eigenvalue weighted by atomic mass is 9.56. The number of rotatable bonds is 6. The van der Waals surface area contributed by atoms with Crippen LogP contribution in [0.2, 0.25) is 0 Å². The lowest BCUT2D eigenvalue weighted by Crippen LogP contribution is -2.52. The molecule has 12 heteroatoms. The van der Waals surface area contributed by atoms with Gasteiger partial charge in [0, 0.05) is 0 Å². The van der Waals surface area contributed by atoms with E-state index in [2.05, 4.69) is 0 Å². The van der Waals surface area contributed by atoms with Crippen molar-refractivity contribution in [2.24, 2.45) is 29.6 Å². The first-order valence-electron chi connectivity index (χ1n) is 12.5. The first-order valence-corrected chi connectivity index (χ1v) is 13.9. The third-order valence-corrected chi connectivity index (χ3v) is 10.3. The van der Waals surface area contributed by atoms with Crippen LogP contribution in [0.4, 0.5) is 17.6 Å². The number of carbonyl (C=O) groups is 1. The molecule has 0 aromatic heterocycles. The van der Waals surface area contributed by atoms with E-state index in [9.17, 15) is 41.0 Å². The van der Waals surface area contributed by atoms with E-state index >= 15 is 0 Å². The Hall–Kier alpha value is -0.980. The van der Waals surface area contributed by atoms with Crippen LogP contribution in [0.15, 0.2) is 0 Å². The fraction of sp³-hybridized carbons (Fsp3) is 0.957. The Morgan fingerprint density at radius 2 is 1.43 bits per heavy atom. The number of carbonyl (C=O) groups excluding carboxylic acids is 1. The quantitative estimate of drug-likeness (QED) is 0.270. The molecule has 4 fully saturated rings. The van der Waals surface area contributed by atoms with Crippen molar-refractivity contribution in [1.29, 1.82) is 0 Å². The zero-order valence-corrected chi connectivity index (χ0v) is 20.3. The first-order chi connectivity index (χ1) is 16.1. The van der Waals surface area contributed by atoms with Crippen molar-refractivity contribution in [3.63, 3.8) is 0 Å². The standard InChI is InChI=1S/C23H34F4O7S/c24-22(25,23(26,27)35(31,32)33)11-12-34-19(28)14-5-6-15-16(13-14)18-4-2-8-21(18,30)10-9-20(29)7-1-3-17(15)20/h14-18,29-30H,1-13H2,(H,31,32,33). The van der Waals surface area contributed by atoms with Gasteiger partial charge in [-0.05, 0) is 81.5 Å². The number of fused-ring (bicyclic) bond motifs is 5. The molecular weight excluding hydrogens is 496 g/mol. The van der Waals surface area contributed by atoms with Gasteiger partial charge in [0.05, 0.1) is 30.1 Å². The summed E-state index contributed by atoms with van der Waals surface area (Å²) in [5, 5.41) is 17.1. The molecule has 0 heterocycles. The zero-order valence-electron chi connectivity index (χ0n) is 19.5. The van der Waals surface area contributed by atoms with Gasteiger partial charge in [0.15, 0.2) is 0 Å². The molecule has 202 valence electrons. The molecule has 0 saturated heterocycles. The summed E-state index contributed by atoms with van der Waals surface area (Å²) in [4.78, 5) is 12.7. The van der Waals surface area contributed by atoms with Crippen LogP contribution in [0.5, 0.6) is 0 Å². The summed E-state index contributed by atoms with van der Waals surface area (Å²) in [6.45, 7) is -1.13. The maximum absolute atomic E-state index is 13.7. The van der Waals surface area contributed by atoms with Crippen LogP contribution in [0.3, 0.4) is 0 Å². The average Bonchev–Trinajstić information content (AvgIpc) is 3.33. The minimum absolute atomic E-state index is 0.0361. The van der Waals surface area contributed by atoms with Crippen LogP contribution in [0.25, 0.3) is 0 Å². The SMILES string of the molecule is O=C(OCCC(F)(F)C(F)(F)S(=O)(=O)O)C1CCC2C(C1)C1CCCC1(O)CCC1(O)CCCC21. The average molecular weight is 531 g/mol. The number of ether oxygens (including phenoxy) is 1. The topological polar surface area (TPSA) is 121 Å². The van der Waals surface area contributed by atoms with Gasteiger partial charge in [-0.3, -0.25) is 9.35 Å². The number of alkyl halides is 4. The molecule has 4 aliphatic rings. The molecule has 4 rings (SSSR count). The molecule has 0 amide bonds. The lowest BCUT2D eigenvalue weighted by molar-refractivity contribution is -0.178. The molecule has 0 radical (unpaired) electrons. The molecule has 7 nitrogen and oxygen atoms in total. The molecule has 35 heavy (non-hydrogen) atoms. The summed E-state index contributed by atoms with van der Waals surface area (Å²) in [6, 6.07) is 0. The molecule has 0 aromatic rings. The Bertz CT molecular complexity index is 929. The number of hydrogen-bond donors (Lipinski definition) is 3. The third kappa shape index (κ3) is 4.72. The smallest absolute Gasteiger partial charge is 0.431 e. The summed E-state index contributed by atoms with van der Waals surface area (Å²) in [7, 11) is -6.35. The molecule has 7 unspecified atom stereocenters. The largest absolute Gasteiger partial charge is 0.465 e. The van der Waals surface area contributed by atoms with Gasteiger partial charge in [-0.25, -0.2) is 0 Å². The monoisotopic (exact) mass is 530 g/mol.